The lowest BCUT2D eigenvalue weighted by Gasteiger charge is -2.18. The van der Waals surface area contributed by atoms with Gasteiger partial charge >= 0.3 is 0 Å². The molecule has 0 spiro atoms. The summed E-state index contributed by atoms with van der Waals surface area (Å²) < 4.78 is 13.6. The summed E-state index contributed by atoms with van der Waals surface area (Å²) in [5.74, 6) is -0.768. The number of hydrogen-bond acceptors (Lipinski definition) is 3. The molecule has 2 aromatic rings. The molecular formula is C13H11ClFN3O. The van der Waals surface area contributed by atoms with Crippen molar-refractivity contribution >= 4 is 29.0 Å². The Bertz CT molecular complexity index is 633. The van der Waals surface area contributed by atoms with Crippen LogP contribution in [0.4, 0.5) is 15.9 Å². The van der Waals surface area contributed by atoms with E-state index in [0.29, 0.717) is 0 Å². The molecule has 0 bridgehead atoms. The monoisotopic (exact) mass is 279 g/mol. The number of carbonyl (C=O) groups is 1. The zero-order chi connectivity index (χ0) is 14.0. The normalized spacial score (nSPS) is 10.3. The predicted octanol–water partition coefficient (Wildman–Crippen LogP) is 2.73. The number of pyridine rings is 1. The topological polar surface area (TPSA) is 59.2 Å². The van der Waals surface area contributed by atoms with Crippen LogP contribution in [0.25, 0.3) is 0 Å². The van der Waals surface area contributed by atoms with Crippen molar-refractivity contribution in [1.29, 1.82) is 0 Å². The maximum atomic E-state index is 13.6. The molecule has 1 heterocycles. The number of para-hydroxylation sites is 1. The van der Waals surface area contributed by atoms with Crippen molar-refractivity contribution in [3.63, 3.8) is 0 Å². The number of nitrogens with two attached hydrogens (primary N) is 1. The molecule has 1 aromatic heterocycles. The van der Waals surface area contributed by atoms with Crippen molar-refractivity contribution in [1.82, 2.24) is 4.98 Å². The summed E-state index contributed by atoms with van der Waals surface area (Å²) in [6.07, 6.45) is 1.29. The molecule has 0 unspecified atom stereocenters. The third kappa shape index (κ3) is 2.66. The van der Waals surface area contributed by atoms with Crippen molar-refractivity contribution in [2.75, 3.05) is 17.7 Å². The lowest BCUT2D eigenvalue weighted by Crippen LogP contribution is -2.27. The second-order valence-electron chi connectivity index (χ2n) is 3.90. The largest absolute Gasteiger partial charge is 0.384 e. The van der Waals surface area contributed by atoms with Crippen LogP contribution >= 0.6 is 11.6 Å². The lowest BCUT2D eigenvalue weighted by molar-refractivity contribution is 0.0992. The molecule has 98 valence electrons. The second-order valence-corrected chi connectivity index (χ2v) is 4.31. The third-order valence-corrected chi connectivity index (χ3v) is 2.93. The van der Waals surface area contributed by atoms with E-state index in [2.05, 4.69) is 4.98 Å². The Balaban J connectivity index is 2.39. The number of amides is 1. The Hall–Kier alpha value is -2.14. The summed E-state index contributed by atoms with van der Waals surface area (Å²) in [6.45, 7) is 0. The van der Waals surface area contributed by atoms with E-state index in [-0.39, 0.29) is 22.1 Å². The Morgan fingerprint density at radius 3 is 2.79 bits per heavy atom. The van der Waals surface area contributed by atoms with E-state index >= 15 is 0 Å². The van der Waals surface area contributed by atoms with Crippen molar-refractivity contribution in [2.45, 2.75) is 0 Å². The molecule has 0 fully saturated rings. The van der Waals surface area contributed by atoms with E-state index in [0.717, 1.165) is 0 Å². The SMILES string of the molecule is CN(C(=O)c1cc(N)ncc1Cl)c1ccccc1F. The summed E-state index contributed by atoms with van der Waals surface area (Å²) in [7, 11) is 1.47. The van der Waals surface area contributed by atoms with Crippen LogP contribution in [0.5, 0.6) is 0 Å². The number of nitrogen functional groups attached to an aromatic ring is 1. The number of anilines is 2. The van der Waals surface area contributed by atoms with Crippen LogP contribution in [0.3, 0.4) is 0 Å². The van der Waals surface area contributed by atoms with Crippen LogP contribution in [-0.4, -0.2) is 17.9 Å². The molecule has 0 saturated heterocycles. The van der Waals surface area contributed by atoms with Gasteiger partial charge in [0.15, 0.2) is 0 Å². The van der Waals surface area contributed by atoms with Gasteiger partial charge in [-0.1, -0.05) is 23.7 Å². The summed E-state index contributed by atoms with van der Waals surface area (Å²) in [4.78, 5) is 17.2. The first-order chi connectivity index (χ1) is 9.00. The minimum Gasteiger partial charge on any atom is -0.384 e. The lowest BCUT2D eigenvalue weighted by atomic mass is 10.2. The predicted molar refractivity (Wildman–Crippen MR) is 72.8 cm³/mol. The van der Waals surface area contributed by atoms with Gasteiger partial charge in [0.2, 0.25) is 0 Å². The van der Waals surface area contributed by atoms with Gasteiger partial charge in [0.05, 0.1) is 16.3 Å². The van der Waals surface area contributed by atoms with Gasteiger partial charge in [-0.3, -0.25) is 4.79 Å². The van der Waals surface area contributed by atoms with E-state index in [1.165, 1.54) is 36.3 Å². The number of aromatic nitrogens is 1. The molecule has 2 rings (SSSR count). The third-order valence-electron chi connectivity index (χ3n) is 2.63. The van der Waals surface area contributed by atoms with E-state index < -0.39 is 11.7 Å². The zero-order valence-corrected chi connectivity index (χ0v) is 10.9. The van der Waals surface area contributed by atoms with Gasteiger partial charge in [-0.15, -0.1) is 0 Å². The van der Waals surface area contributed by atoms with E-state index in [1.807, 2.05) is 0 Å². The van der Waals surface area contributed by atoms with E-state index in [9.17, 15) is 9.18 Å². The maximum Gasteiger partial charge on any atom is 0.259 e. The molecule has 4 nitrogen and oxygen atoms in total. The van der Waals surface area contributed by atoms with Crippen LogP contribution < -0.4 is 10.6 Å². The van der Waals surface area contributed by atoms with Gasteiger partial charge in [-0.25, -0.2) is 9.37 Å². The molecule has 1 aromatic carbocycles. The zero-order valence-electron chi connectivity index (χ0n) is 10.1. The number of rotatable bonds is 2. The molecule has 0 saturated carbocycles. The standard InChI is InChI=1S/C13H11ClFN3O/c1-18(11-5-3-2-4-10(11)15)13(19)8-6-12(16)17-7-9(8)14/h2-7H,1H3,(H2,16,17). The average Bonchev–Trinajstić information content (AvgIpc) is 2.40. The summed E-state index contributed by atoms with van der Waals surface area (Å²) in [5, 5.41) is 0.169. The molecule has 6 heteroatoms. The first-order valence-corrected chi connectivity index (χ1v) is 5.82. The van der Waals surface area contributed by atoms with Gasteiger partial charge in [-0.05, 0) is 18.2 Å². The number of nitrogens with zero attached hydrogens (tertiary/aromatic N) is 2. The first-order valence-electron chi connectivity index (χ1n) is 5.44. The molecule has 0 radical (unpaired) electrons. The van der Waals surface area contributed by atoms with E-state index in [4.69, 9.17) is 17.3 Å². The fourth-order valence-corrected chi connectivity index (χ4v) is 1.82. The van der Waals surface area contributed by atoms with Gasteiger partial charge in [0.25, 0.3) is 5.91 Å². The summed E-state index contributed by atoms with van der Waals surface area (Å²) in [6, 6.07) is 7.34. The molecule has 0 aliphatic rings. The van der Waals surface area contributed by atoms with Gasteiger partial charge < -0.3 is 10.6 Å². The van der Waals surface area contributed by atoms with Crippen LogP contribution in [-0.2, 0) is 0 Å². The molecule has 2 N–H and O–H groups in total. The van der Waals surface area contributed by atoms with Crippen LogP contribution in [0, 0.1) is 5.82 Å². The van der Waals surface area contributed by atoms with Gasteiger partial charge in [0, 0.05) is 13.2 Å². The summed E-state index contributed by atoms with van der Waals surface area (Å²) in [5.41, 5.74) is 5.87. The van der Waals surface area contributed by atoms with E-state index in [1.54, 1.807) is 12.1 Å². The Morgan fingerprint density at radius 2 is 2.11 bits per heavy atom. The van der Waals surface area contributed by atoms with Crippen molar-refractivity contribution in [3.8, 4) is 0 Å². The smallest absolute Gasteiger partial charge is 0.259 e. The molecule has 19 heavy (non-hydrogen) atoms. The van der Waals surface area contributed by atoms with Gasteiger partial charge in [0.1, 0.15) is 11.6 Å². The molecular weight excluding hydrogens is 269 g/mol. The Morgan fingerprint density at radius 1 is 1.42 bits per heavy atom. The fourth-order valence-electron chi connectivity index (χ4n) is 1.63. The maximum absolute atomic E-state index is 13.6. The van der Waals surface area contributed by atoms with Crippen LogP contribution in [0.15, 0.2) is 36.5 Å². The number of benzene rings is 1. The first kappa shape index (κ1) is 13.3. The minimum absolute atomic E-state index is 0.166. The quantitative estimate of drug-likeness (QED) is 0.919. The highest BCUT2D eigenvalue weighted by Gasteiger charge is 2.19. The number of hydrogen-bond donors (Lipinski definition) is 1. The van der Waals surface area contributed by atoms with Gasteiger partial charge in [-0.2, -0.15) is 0 Å². The Labute approximate surface area is 114 Å². The fraction of sp³-hybridized carbons (Fsp3) is 0.0769. The second kappa shape index (κ2) is 5.24. The molecule has 1 amide bonds. The molecule has 0 aliphatic heterocycles. The molecule has 0 atom stereocenters. The average molecular weight is 280 g/mol. The Kier molecular flexibility index (Phi) is 3.66. The van der Waals surface area contributed by atoms with Crippen molar-refractivity contribution in [3.05, 3.63) is 52.9 Å². The highest BCUT2D eigenvalue weighted by Crippen LogP contribution is 2.23. The number of carbonyl (C=O) groups excluding carboxylic acids is 1. The minimum atomic E-state index is -0.489. The summed E-state index contributed by atoms with van der Waals surface area (Å²) >= 11 is 5.90. The van der Waals surface area contributed by atoms with Crippen LogP contribution in [0.1, 0.15) is 10.4 Å². The van der Waals surface area contributed by atoms with Crippen LogP contribution in [0.2, 0.25) is 5.02 Å². The molecule has 0 aliphatic carbocycles. The van der Waals surface area contributed by atoms with Crippen molar-refractivity contribution in [2.24, 2.45) is 0 Å². The van der Waals surface area contributed by atoms with Crippen molar-refractivity contribution < 1.29 is 9.18 Å². The highest BCUT2D eigenvalue weighted by molar-refractivity contribution is 6.34. The highest BCUT2D eigenvalue weighted by atomic mass is 35.5. The number of halogens is 2.